The number of hydrogen-bond donors (Lipinski definition) is 1. The van der Waals surface area contributed by atoms with E-state index < -0.39 is 0 Å². The molecule has 1 saturated heterocycles. The highest BCUT2D eigenvalue weighted by atomic mass is 32.1. The van der Waals surface area contributed by atoms with Crippen molar-refractivity contribution in [2.45, 2.75) is 46.3 Å². The fraction of sp³-hybridized carbons (Fsp3) is 0.500. The molecule has 0 saturated carbocycles. The fourth-order valence-electron chi connectivity index (χ4n) is 2.93. The Morgan fingerprint density at radius 3 is 3.00 bits per heavy atom. The van der Waals surface area contributed by atoms with E-state index in [1.54, 1.807) is 11.3 Å². The molecule has 3 rings (SSSR count). The van der Waals surface area contributed by atoms with Crippen LogP contribution in [0.5, 0.6) is 0 Å². The molecule has 23 heavy (non-hydrogen) atoms. The smallest absolute Gasteiger partial charge is 0.268 e. The van der Waals surface area contributed by atoms with Crippen LogP contribution in [0.25, 0.3) is 10.2 Å². The number of nitrogens with one attached hydrogen (secondary N) is 1. The Bertz CT molecular complexity index is 732. The molecule has 1 amide bonds. The molecule has 1 unspecified atom stereocenters. The molecule has 3 heterocycles. The fourth-order valence-corrected chi connectivity index (χ4v) is 3.89. The first kappa shape index (κ1) is 16.3. The van der Waals surface area contributed by atoms with Gasteiger partial charge in [0.05, 0.1) is 16.3 Å². The van der Waals surface area contributed by atoms with Gasteiger partial charge in [-0.1, -0.05) is 11.6 Å². The summed E-state index contributed by atoms with van der Waals surface area (Å²) in [4.78, 5) is 13.9. The number of nitrogens with zero attached hydrogens (tertiary/aromatic N) is 1. The molecule has 0 bridgehead atoms. The van der Waals surface area contributed by atoms with E-state index in [1.807, 2.05) is 6.07 Å². The lowest BCUT2D eigenvalue weighted by Gasteiger charge is -2.12. The van der Waals surface area contributed by atoms with Crippen molar-refractivity contribution >= 4 is 27.5 Å². The first-order chi connectivity index (χ1) is 11.0. The first-order valence-corrected chi connectivity index (χ1v) is 8.99. The molecule has 1 atom stereocenters. The van der Waals surface area contributed by atoms with Crippen LogP contribution < -0.4 is 5.32 Å². The summed E-state index contributed by atoms with van der Waals surface area (Å²) in [5, 5.41) is 3.03. The molecule has 0 spiro atoms. The van der Waals surface area contributed by atoms with Crippen molar-refractivity contribution in [3.8, 4) is 0 Å². The number of fused-ring (bicyclic) bond motifs is 1. The Kier molecular flexibility index (Phi) is 4.87. The number of aryl methyl sites for hydroxylation is 1. The Labute approximate surface area is 141 Å². The molecule has 0 aliphatic carbocycles. The summed E-state index contributed by atoms with van der Waals surface area (Å²) in [6.07, 6.45) is 4.45. The summed E-state index contributed by atoms with van der Waals surface area (Å²) < 4.78 is 8.86. The van der Waals surface area contributed by atoms with E-state index in [0.29, 0.717) is 6.54 Å². The summed E-state index contributed by atoms with van der Waals surface area (Å²) in [5.41, 5.74) is 3.14. The normalized spacial score (nSPS) is 17.6. The van der Waals surface area contributed by atoms with E-state index >= 15 is 0 Å². The van der Waals surface area contributed by atoms with E-state index in [9.17, 15) is 4.79 Å². The summed E-state index contributed by atoms with van der Waals surface area (Å²) in [7, 11) is 0. The van der Waals surface area contributed by atoms with E-state index in [0.717, 1.165) is 37.2 Å². The van der Waals surface area contributed by atoms with Crippen LogP contribution in [0.1, 0.15) is 42.1 Å². The van der Waals surface area contributed by atoms with Crippen molar-refractivity contribution < 1.29 is 9.53 Å². The largest absolute Gasteiger partial charge is 0.376 e. The van der Waals surface area contributed by atoms with Crippen molar-refractivity contribution in [3.63, 3.8) is 0 Å². The Hall–Kier alpha value is -1.59. The van der Waals surface area contributed by atoms with Gasteiger partial charge in [-0.05, 0) is 45.7 Å². The zero-order valence-corrected chi connectivity index (χ0v) is 14.8. The predicted molar refractivity (Wildman–Crippen MR) is 95.3 cm³/mol. The number of rotatable bonds is 5. The molecule has 124 valence electrons. The van der Waals surface area contributed by atoms with E-state index in [2.05, 4.69) is 42.8 Å². The zero-order valence-electron chi connectivity index (χ0n) is 14.0. The number of ether oxygens (including phenoxy) is 1. The molecular formula is C18H24N2O2S. The van der Waals surface area contributed by atoms with Gasteiger partial charge >= 0.3 is 0 Å². The number of allylic oxidation sites excluding steroid dienone is 2. The van der Waals surface area contributed by atoms with Gasteiger partial charge in [0.1, 0.15) is 5.69 Å². The van der Waals surface area contributed by atoms with E-state index in [-0.39, 0.29) is 12.0 Å². The number of amides is 1. The predicted octanol–water partition coefficient (Wildman–Crippen LogP) is 3.89. The molecule has 4 nitrogen and oxygen atoms in total. The minimum absolute atomic E-state index is 0.0105. The molecule has 1 aliphatic heterocycles. The highest BCUT2D eigenvalue weighted by Gasteiger charge is 2.20. The summed E-state index contributed by atoms with van der Waals surface area (Å²) in [5.74, 6) is -0.0105. The average Bonchev–Trinajstić information content (AvgIpc) is 3.18. The molecule has 0 radical (unpaired) electrons. The van der Waals surface area contributed by atoms with Crippen LogP contribution in [0.4, 0.5) is 0 Å². The molecule has 1 aliphatic rings. The SMILES string of the molecule is CC(C)=CCn1c(C(=O)NCC2CCCO2)cc2sc(C)cc21. The summed E-state index contributed by atoms with van der Waals surface area (Å²) in [6, 6.07) is 4.17. The average molecular weight is 332 g/mol. The van der Waals surface area contributed by atoms with Crippen molar-refractivity contribution in [3.05, 3.63) is 34.4 Å². The van der Waals surface area contributed by atoms with Crippen molar-refractivity contribution in [1.82, 2.24) is 9.88 Å². The summed E-state index contributed by atoms with van der Waals surface area (Å²) >= 11 is 1.74. The highest BCUT2D eigenvalue weighted by molar-refractivity contribution is 7.19. The van der Waals surface area contributed by atoms with Gasteiger partial charge in [0.15, 0.2) is 0 Å². The zero-order chi connectivity index (χ0) is 16.4. The molecule has 2 aromatic rings. The monoisotopic (exact) mass is 332 g/mol. The van der Waals surface area contributed by atoms with Gasteiger partial charge < -0.3 is 14.6 Å². The van der Waals surface area contributed by atoms with Gasteiger partial charge in [-0.3, -0.25) is 4.79 Å². The van der Waals surface area contributed by atoms with E-state index in [1.165, 1.54) is 15.2 Å². The maximum absolute atomic E-state index is 12.6. The van der Waals surface area contributed by atoms with Gasteiger partial charge in [0, 0.05) is 24.6 Å². The third-order valence-corrected chi connectivity index (χ3v) is 5.13. The molecular weight excluding hydrogens is 308 g/mol. The molecule has 2 aromatic heterocycles. The number of thiophene rings is 1. The number of carbonyl (C=O) groups excluding carboxylic acids is 1. The lowest BCUT2D eigenvalue weighted by Crippen LogP contribution is -2.33. The highest BCUT2D eigenvalue weighted by Crippen LogP contribution is 2.29. The molecule has 1 N–H and O–H groups in total. The van der Waals surface area contributed by atoms with Gasteiger partial charge in [-0.2, -0.15) is 0 Å². The van der Waals surface area contributed by atoms with Gasteiger partial charge in [-0.15, -0.1) is 11.3 Å². The second kappa shape index (κ2) is 6.89. The van der Waals surface area contributed by atoms with Crippen molar-refractivity contribution in [2.24, 2.45) is 0 Å². The third kappa shape index (κ3) is 3.67. The minimum atomic E-state index is -0.0105. The van der Waals surface area contributed by atoms with Gasteiger partial charge in [0.25, 0.3) is 5.91 Å². The van der Waals surface area contributed by atoms with Crippen LogP contribution in [-0.2, 0) is 11.3 Å². The van der Waals surface area contributed by atoms with Crippen LogP contribution in [0.2, 0.25) is 0 Å². The molecule has 0 aromatic carbocycles. The Balaban J connectivity index is 1.82. The van der Waals surface area contributed by atoms with E-state index in [4.69, 9.17) is 4.74 Å². The summed E-state index contributed by atoms with van der Waals surface area (Å²) in [6.45, 7) is 8.40. The molecule has 1 fully saturated rings. The topological polar surface area (TPSA) is 43.3 Å². The second-order valence-electron chi connectivity index (χ2n) is 6.37. The standard InChI is InChI=1S/C18H24N2O2S/c1-12(2)6-7-20-15-9-13(3)23-17(15)10-16(20)18(21)19-11-14-5-4-8-22-14/h6,9-10,14H,4-5,7-8,11H2,1-3H3,(H,19,21). The van der Waals surface area contributed by atoms with Crippen LogP contribution in [-0.4, -0.2) is 29.7 Å². The lowest BCUT2D eigenvalue weighted by molar-refractivity contribution is 0.0851. The van der Waals surface area contributed by atoms with Crippen molar-refractivity contribution in [1.29, 1.82) is 0 Å². The first-order valence-electron chi connectivity index (χ1n) is 8.17. The van der Waals surface area contributed by atoms with Crippen molar-refractivity contribution in [2.75, 3.05) is 13.2 Å². The van der Waals surface area contributed by atoms with Crippen LogP contribution >= 0.6 is 11.3 Å². The third-order valence-electron chi connectivity index (χ3n) is 4.14. The quantitative estimate of drug-likeness (QED) is 0.844. The molecule has 5 heteroatoms. The second-order valence-corrected chi connectivity index (χ2v) is 7.66. The Morgan fingerprint density at radius 2 is 2.30 bits per heavy atom. The maximum Gasteiger partial charge on any atom is 0.268 e. The lowest BCUT2D eigenvalue weighted by atomic mass is 10.2. The number of hydrogen-bond acceptors (Lipinski definition) is 3. The van der Waals surface area contributed by atoms with Crippen LogP contribution in [0.3, 0.4) is 0 Å². The number of aromatic nitrogens is 1. The minimum Gasteiger partial charge on any atom is -0.376 e. The Morgan fingerprint density at radius 1 is 1.48 bits per heavy atom. The van der Waals surface area contributed by atoms with Gasteiger partial charge in [0.2, 0.25) is 0 Å². The maximum atomic E-state index is 12.6. The van der Waals surface area contributed by atoms with Crippen LogP contribution in [0, 0.1) is 6.92 Å². The van der Waals surface area contributed by atoms with Gasteiger partial charge in [-0.25, -0.2) is 0 Å². The number of carbonyl (C=O) groups is 1. The van der Waals surface area contributed by atoms with Crippen LogP contribution in [0.15, 0.2) is 23.8 Å².